The molecule has 0 atom stereocenters. The van der Waals surface area contributed by atoms with Crippen LogP contribution in [-0.2, 0) is 14.4 Å². The third kappa shape index (κ3) is 3.45. The van der Waals surface area contributed by atoms with Crippen molar-refractivity contribution in [2.45, 2.75) is 0 Å². The molecule has 2 amide bonds. The number of amides is 2. The monoisotopic (exact) mass is 314 g/mol. The van der Waals surface area contributed by atoms with Crippen molar-refractivity contribution in [3.63, 3.8) is 0 Å². The summed E-state index contributed by atoms with van der Waals surface area (Å²) < 4.78 is 0. The lowest BCUT2D eigenvalue weighted by Gasteiger charge is -2.26. The molecule has 1 rings (SSSR count). The molecular weight excluding hydrogens is 304 g/mol. The fourth-order valence-electron chi connectivity index (χ4n) is 1.51. The number of carboxylic acid groups (broad SMARTS) is 1. The smallest absolute Gasteiger partial charge is 0.322 e. The molecule has 1 aliphatic rings. The highest BCUT2D eigenvalue weighted by Gasteiger charge is 2.36. The van der Waals surface area contributed by atoms with Gasteiger partial charge in [-0.25, -0.2) is 0 Å². The molecule has 0 aromatic rings. The fraction of sp³-hybridized carbons (Fsp3) is 0.182. The number of carbonyl (C=O) groups excluding carboxylic acids is 2. The van der Waals surface area contributed by atoms with E-state index in [0.29, 0.717) is 0 Å². The summed E-state index contributed by atoms with van der Waals surface area (Å²) in [5.74, 6) is -4.69. The standard InChI is InChI=1S/C11H11ClN4O5/c1-16-9(14)4(2-5(12)13)8(19)7(11(16)21)10(20)15-3-6(17)18/h2,13-14,19H,3H2,1H3,(H,15,20)(H,17,18)/b4-2-,13-5?,14-9?. The molecule has 0 bridgehead atoms. The normalized spacial score (nSPS) is 17.2. The number of allylic oxidation sites excluding steroid dienone is 1. The van der Waals surface area contributed by atoms with E-state index in [1.54, 1.807) is 0 Å². The fourth-order valence-corrected chi connectivity index (χ4v) is 1.62. The predicted molar refractivity (Wildman–Crippen MR) is 72.5 cm³/mol. The molecule has 5 N–H and O–H groups in total. The van der Waals surface area contributed by atoms with Gasteiger partial charge in [-0.3, -0.25) is 30.1 Å². The second-order valence-corrected chi connectivity index (χ2v) is 4.33. The molecule has 0 saturated carbocycles. The molecule has 0 radical (unpaired) electrons. The van der Waals surface area contributed by atoms with Gasteiger partial charge in [-0.15, -0.1) is 0 Å². The van der Waals surface area contributed by atoms with Crippen molar-refractivity contribution in [3.05, 3.63) is 23.0 Å². The van der Waals surface area contributed by atoms with E-state index in [-0.39, 0.29) is 5.57 Å². The van der Waals surface area contributed by atoms with Gasteiger partial charge < -0.3 is 15.5 Å². The summed E-state index contributed by atoms with van der Waals surface area (Å²) >= 11 is 5.35. The first-order valence-corrected chi connectivity index (χ1v) is 5.81. The van der Waals surface area contributed by atoms with Crippen LogP contribution in [0.3, 0.4) is 0 Å². The predicted octanol–water partition coefficient (Wildman–Crippen LogP) is -0.409. The van der Waals surface area contributed by atoms with Gasteiger partial charge in [0.15, 0.2) is 0 Å². The van der Waals surface area contributed by atoms with Crippen LogP contribution in [0.2, 0.25) is 0 Å². The number of aliphatic hydroxyl groups is 1. The maximum absolute atomic E-state index is 11.9. The summed E-state index contributed by atoms with van der Waals surface area (Å²) in [5.41, 5.74) is -1.02. The summed E-state index contributed by atoms with van der Waals surface area (Å²) in [5, 5.41) is 34.6. The molecule has 10 heteroatoms. The zero-order valence-electron chi connectivity index (χ0n) is 10.7. The SMILES string of the molecule is CN1C(=N)/C(=C\C(=N)Cl)C(O)=C(C(=O)NCC(=O)O)C1=O. The number of nitrogens with zero attached hydrogens (tertiary/aromatic N) is 1. The molecule has 0 spiro atoms. The molecule has 0 saturated heterocycles. The van der Waals surface area contributed by atoms with E-state index in [9.17, 15) is 19.5 Å². The summed E-state index contributed by atoms with van der Waals surface area (Å²) in [6.07, 6.45) is 0.895. The number of amidine groups is 1. The third-order valence-corrected chi connectivity index (χ3v) is 2.61. The largest absolute Gasteiger partial charge is 0.506 e. The van der Waals surface area contributed by atoms with Gasteiger partial charge in [0, 0.05) is 7.05 Å². The number of likely N-dealkylation sites (N-methyl/N-ethyl adjacent to an activating group) is 1. The van der Waals surface area contributed by atoms with Crippen LogP contribution in [0.1, 0.15) is 0 Å². The molecule has 0 aromatic heterocycles. The average Bonchev–Trinajstić information content (AvgIpc) is 2.39. The lowest BCUT2D eigenvalue weighted by atomic mass is 10.00. The Bertz CT molecular complexity index is 622. The second-order valence-electron chi connectivity index (χ2n) is 3.92. The summed E-state index contributed by atoms with van der Waals surface area (Å²) in [6, 6.07) is 0. The molecule has 0 aromatic carbocycles. The molecule has 21 heavy (non-hydrogen) atoms. The van der Waals surface area contributed by atoms with E-state index >= 15 is 0 Å². The Kier molecular flexibility index (Phi) is 4.82. The zero-order chi connectivity index (χ0) is 16.3. The highest BCUT2D eigenvalue weighted by Crippen LogP contribution is 2.23. The maximum Gasteiger partial charge on any atom is 0.322 e. The third-order valence-electron chi connectivity index (χ3n) is 2.50. The van der Waals surface area contributed by atoms with Crippen molar-refractivity contribution < 1.29 is 24.6 Å². The van der Waals surface area contributed by atoms with Crippen LogP contribution in [-0.4, -0.2) is 57.5 Å². The van der Waals surface area contributed by atoms with Crippen LogP contribution in [0.25, 0.3) is 0 Å². The van der Waals surface area contributed by atoms with Crippen molar-refractivity contribution in [3.8, 4) is 0 Å². The highest BCUT2D eigenvalue weighted by atomic mass is 35.5. The molecule has 1 aliphatic heterocycles. The van der Waals surface area contributed by atoms with Crippen molar-refractivity contribution in [1.82, 2.24) is 10.2 Å². The first-order valence-electron chi connectivity index (χ1n) is 5.43. The number of nitrogens with one attached hydrogen (secondary N) is 3. The summed E-state index contributed by atoms with van der Waals surface area (Å²) in [7, 11) is 1.19. The first-order chi connectivity index (χ1) is 9.66. The van der Waals surface area contributed by atoms with Gasteiger partial charge in [0.1, 0.15) is 28.9 Å². The van der Waals surface area contributed by atoms with Gasteiger partial charge in [0.2, 0.25) is 0 Å². The molecule has 112 valence electrons. The first kappa shape index (κ1) is 16.4. The summed E-state index contributed by atoms with van der Waals surface area (Å²) in [4.78, 5) is 34.9. The Labute approximate surface area is 123 Å². The molecule has 0 unspecified atom stereocenters. The van der Waals surface area contributed by atoms with E-state index in [1.807, 2.05) is 5.32 Å². The van der Waals surface area contributed by atoms with Crippen molar-refractivity contribution >= 4 is 40.4 Å². The van der Waals surface area contributed by atoms with Gasteiger partial charge in [-0.05, 0) is 6.08 Å². The van der Waals surface area contributed by atoms with E-state index in [4.69, 9.17) is 27.5 Å². The van der Waals surface area contributed by atoms with E-state index in [2.05, 4.69) is 0 Å². The minimum atomic E-state index is -1.33. The van der Waals surface area contributed by atoms with Crippen LogP contribution >= 0.6 is 11.6 Å². The van der Waals surface area contributed by atoms with Crippen LogP contribution in [0.5, 0.6) is 0 Å². The lowest BCUT2D eigenvalue weighted by Crippen LogP contribution is -2.45. The van der Waals surface area contributed by atoms with Crippen molar-refractivity contribution in [1.29, 1.82) is 10.8 Å². The zero-order valence-corrected chi connectivity index (χ0v) is 11.5. The molecule has 1 heterocycles. The quantitative estimate of drug-likeness (QED) is 0.352. The highest BCUT2D eigenvalue weighted by molar-refractivity contribution is 6.67. The van der Waals surface area contributed by atoms with Crippen LogP contribution in [0, 0.1) is 10.8 Å². The van der Waals surface area contributed by atoms with E-state index < -0.39 is 46.7 Å². The van der Waals surface area contributed by atoms with Crippen LogP contribution < -0.4 is 5.32 Å². The number of hydrogen-bond donors (Lipinski definition) is 5. The topological polar surface area (TPSA) is 155 Å². The van der Waals surface area contributed by atoms with Crippen molar-refractivity contribution in [2.24, 2.45) is 0 Å². The maximum atomic E-state index is 11.9. The number of rotatable bonds is 4. The van der Waals surface area contributed by atoms with Gasteiger partial charge in [-0.2, -0.15) is 0 Å². The van der Waals surface area contributed by atoms with Crippen LogP contribution in [0.15, 0.2) is 23.0 Å². The Morgan fingerprint density at radius 2 is 2.05 bits per heavy atom. The Morgan fingerprint density at radius 3 is 2.52 bits per heavy atom. The van der Waals surface area contributed by atoms with E-state index in [1.165, 1.54) is 7.05 Å². The number of aliphatic carboxylic acids is 1. The Hall–Kier alpha value is -2.68. The van der Waals surface area contributed by atoms with Gasteiger partial charge >= 0.3 is 5.97 Å². The van der Waals surface area contributed by atoms with Gasteiger partial charge in [-0.1, -0.05) is 11.6 Å². The number of aliphatic hydroxyl groups excluding tert-OH is 1. The number of hydrogen-bond acceptors (Lipinski definition) is 6. The Balaban J connectivity index is 3.31. The molecule has 0 aliphatic carbocycles. The molecule has 9 nitrogen and oxygen atoms in total. The molecular formula is C11H11ClN4O5. The van der Waals surface area contributed by atoms with Gasteiger partial charge in [0.25, 0.3) is 11.8 Å². The number of carbonyl (C=O) groups is 3. The minimum Gasteiger partial charge on any atom is -0.506 e. The van der Waals surface area contributed by atoms with Crippen LogP contribution in [0.4, 0.5) is 0 Å². The van der Waals surface area contributed by atoms with Gasteiger partial charge in [0.05, 0.1) is 5.57 Å². The molecule has 0 fully saturated rings. The van der Waals surface area contributed by atoms with Crippen molar-refractivity contribution in [2.75, 3.05) is 13.6 Å². The number of carboxylic acids is 1. The lowest BCUT2D eigenvalue weighted by molar-refractivity contribution is -0.138. The van der Waals surface area contributed by atoms with E-state index in [0.717, 1.165) is 11.0 Å². The average molecular weight is 315 g/mol. The second kappa shape index (κ2) is 6.18. The summed E-state index contributed by atoms with van der Waals surface area (Å²) in [6.45, 7) is -0.742. The Morgan fingerprint density at radius 1 is 1.48 bits per heavy atom. The number of halogens is 1. The minimum absolute atomic E-state index is 0.294.